The molecule has 16 heteroatoms. The van der Waals surface area contributed by atoms with Gasteiger partial charge in [0.25, 0.3) is 5.78 Å². The average Bonchev–Trinajstić information content (AvgIpc) is 3.46. The second-order valence-corrected chi connectivity index (χ2v) is 13.5. The molecule has 6 rings (SSSR count). The second-order valence-electron chi connectivity index (χ2n) is 13.5. The molecule has 0 bridgehead atoms. The Kier molecular flexibility index (Phi) is 9.77. The fourth-order valence-corrected chi connectivity index (χ4v) is 7.10. The molecule has 3 aliphatic rings. The van der Waals surface area contributed by atoms with Gasteiger partial charge in [-0.1, -0.05) is 30.3 Å². The van der Waals surface area contributed by atoms with E-state index in [0.717, 1.165) is 5.56 Å². The summed E-state index contributed by atoms with van der Waals surface area (Å²) < 4.78 is 104. The van der Waals surface area contributed by atoms with Gasteiger partial charge in [0.05, 0.1) is 35.2 Å². The number of ether oxygens (including phenoxy) is 1. The molecule has 0 radical (unpaired) electrons. The van der Waals surface area contributed by atoms with Gasteiger partial charge in [-0.25, -0.2) is 36.8 Å². The first kappa shape index (κ1) is 34.9. The lowest BCUT2D eigenvalue weighted by Crippen LogP contribution is -2.47. The van der Waals surface area contributed by atoms with Gasteiger partial charge in [-0.2, -0.15) is 18.3 Å². The highest BCUT2D eigenvalue weighted by atomic mass is 19.4. The Balaban J connectivity index is 1.31. The number of alkyl halides is 7. The third-order valence-electron chi connectivity index (χ3n) is 9.94. The lowest BCUT2D eigenvalue weighted by atomic mass is 9.81. The van der Waals surface area contributed by atoms with Gasteiger partial charge in [0.1, 0.15) is 6.61 Å². The minimum absolute atomic E-state index is 0.0342. The van der Waals surface area contributed by atoms with E-state index in [2.05, 4.69) is 25.7 Å². The van der Waals surface area contributed by atoms with E-state index in [1.165, 1.54) is 10.7 Å². The number of carbonyl (C=O) groups is 2. The smallest absolute Gasteiger partial charge is 0.408 e. The van der Waals surface area contributed by atoms with E-state index in [1.807, 2.05) is 6.07 Å². The lowest BCUT2D eigenvalue weighted by molar-refractivity contribution is -0.183. The number of piperidine rings is 1. The molecule has 2 aromatic heterocycles. The Hall–Kier alpha value is -3.98. The molecule has 3 atom stereocenters. The Morgan fingerprint density at radius 3 is 2.31 bits per heavy atom. The molecule has 1 aliphatic heterocycles. The number of amides is 2. The summed E-state index contributed by atoms with van der Waals surface area (Å²) in [5, 5.41) is 9.71. The van der Waals surface area contributed by atoms with Gasteiger partial charge in [-0.15, -0.1) is 0 Å². The molecule has 0 spiro atoms. The van der Waals surface area contributed by atoms with Crippen molar-refractivity contribution in [3.63, 3.8) is 0 Å². The summed E-state index contributed by atoms with van der Waals surface area (Å²) in [6, 6.07) is 8.06. The van der Waals surface area contributed by atoms with Crippen LogP contribution >= 0.6 is 0 Å². The Labute approximate surface area is 277 Å². The van der Waals surface area contributed by atoms with Crippen molar-refractivity contribution in [2.75, 3.05) is 6.54 Å². The number of halogens is 7. The number of fused-ring (bicyclic) bond motifs is 1. The molecule has 2 N–H and O–H groups in total. The van der Waals surface area contributed by atoms with Gasteiger partial charge in [-0.05, 0) is 43.6 Å². The van der Waals surface area contributed by atoms with Crippen LogP contribution < -0.4 is 10.6 Å². The molecule has 2 saturated carbocycles. The van der Waals surface area contributed by atoms with E-state index in [4.69, 9.17) is 4.74 Å². The van der Waals surface area contributed by atoms with E-state index in [1.54, 1.807) is 24.3 Å². The van der Waals surface area contributed by atoms with Gasteiger partial charge >= 0.3 is 12.3 Å². The van der Waals surface area contributed by atoms with Crippen LogP contribution in [0.5, 0.6) is 0 Å². The molecule has 1 aromatic carbocycles. The first-order valence-electron chi connectivity index (χ1n) is 16.5. The molecule has 3 fully saturated rings. The number of aromatic nitrogens is 4. The summed E-state index contributed by atoms with van der Waals surface area (Å²) in [6.07, 6.45) is -5.86. The standard InChI is InChI=1S/C33H37F7N6O3/c34-31(35)10-6-20(7-11-31)26-24(15-22-14-23(33(38,39)40)16-41-28(22)47)45-46-17-25(42-29(46)43-26)27(21-8-12-32(36,37)13-9-21)44-30(48)49-18-19-4-2-1-3-5-19/h1-5,17,20-23,27H,6-16,18H2,(H,41,47)(H,44,48)/t22-,23-,27+/m1/s1. The zero-order chi connectivity index (χ0) is 35.0. The van der Waals surface area contributed by atoms with Gasteiger partial charge in [0.15, 0.2) is 0 Å². The van der Waals surface area contributed by atoms with Gasteiger partial charge < -0.3 is 15.4 Å². The Morgan fingerprint density at radius 2 is 1.65 bits per heavy atom. The maximum Gasteiger partial charge on any atom is 0.408 e. The minimum atomic E-state index is -4.52. The van der Waals surface area contributed by atoms with Crippen molar-refractivity contribution in [1.29, 1.82) is 0 Å². The summed E-state index contributed by atoms with van der Waals surface area (Å²) in [4.78, 5) is 34.9. The molecule has 2 amide bonds. The third-order valence-corrected chi connectivity index (χ3v) is 9.94. The topological polar surface area (TPSA) is 111 Å². The van der Waals surface area contributed by atoms with E-state index < -0.39 is 85.5 Å². The fourth-order valence-electron chi connectivity index (χ4n) is 7.10. The van der Waals surface area contributed by atoms with Crippen LogP contribution in [0.1, 0.15) is 92.4 Å². The van der Waals surface area contributed by atoms with Crippen molar-refractivity contribution in [3.8, 4) is 0 Å². The van der Waals surface area contributed by atoms with Crippen molar-refractivity contribution >= 4 is 17.8 Å². The maximum atomic E-state index is 14.1. The normalized spacial score (nSPS) is 23.9. The Morgan fingerprint density at radius 1 is 1.00 bits per heavy atom. The number of imidazole rings is 1. The molecular weight excluding hydrogens is 661 g/mol. The largest absolute Gasteiger partial charge is 0.445 e. The number of rotatable bonds is 8. The van der Waals surface area contributed by atoms with E-state index in [0.29, 0.717) is 0 Å². The lowest BCUT2D eigenvalue weighted by Gasteiger charge is -2.33. The second kappa shape index (κ2) is 13.7. The molecule has 3 heterocycles. The summed E-state index contributed by atoms with van der Waals surface area (Å²) >= 11 is 0. The van der Waals surface area contributed by atoms with Crippen molar-refractivity contribution < 1.29 is 45.1 Å². The highest BCUT2D eigenvalue weighted by molar-refractivity contribution is 5.79. The molecule has 49 heavy (non-hydrogen) atoms. The number of hydrogen-bond acceptors (Lipinski definition) is 6. The number of nitrogens with one attached hydrogen (secondary N) is 2. The Bertz CT molecular complexity index is 1630. The minimum Gasteiger partial charge on any atom is -0.445 e. The predicted octanol–water partition coefficient (Wildman–Crippen LogP) is 7.07. The van der Waals surface area contributed by atoms with Gasteiger partial charge in [0, 0.05) is 50.5 Å². The first-order chi connectivity index (χ1) is 23.2. The van der Waals surface area contributed by atoms with Gasteiger partial charge in [0.2, 0.25) is 17.8 Å². The highest BCUT2D eigenvalue weighted by Gasteiger charge is 2.46. The number of benzene rings is 1. The average molecular weight is 699 g/mol. The molecule has 3 aromatic rings. The zero-order valence-electron chi connectivity index (χ0n) is 26.5. The number of alkyl carbamates (subject to hydrolysis) is 1. The molecule has 1 saturated heterocycles. The molecule has 266 valence electrons. The quantitative estimate of drug-likeness (QED) is 0.244. The molecule has 9 nitrogen and oxygen atoms in total. The zero-order valence-corrected chi connectivity index (χ0v) is 26.5. The van der Waals surface area contributed by atoms with Crippen LogP contribution in [0.4, 0.5) is 35.5 Å². The number of hydrogen-bond donors (Lipinski definition) is 2. The summed E-state index contributed by atoms with van der Waals surface area (Å²) in [6.45, 7) is -0.568. The van der Waals surface area contributed by atoms with E-state index in [9.17, 15) is 40.3 Å². The van der Waals surface area contributed by atoms with Crippen molar-refractivity contribution in [3.05, 3.63) is 59.2 Å². The third kappa shape index (κ3) is 8.43. The summed E-state index contributed by atoms with van der Waals surface area (Å²) in [5.74, 6) is -10.0. The molecule has 2 aliphatic carbocycles. The summed E-state index contributed by atoms with van der Waals surface area (Å²) in [7, 11) is 0. The number of nitrogens with zero attached hydrogens (tertiary/aromatic N) is 4. The fraction of sp³-hybridized carbons (Fsp3) is 0.606. The number of carbonyl (C=O) groups excluding carboxylic acids is 2. The van der Waals surface area contributed by atoms with Crippen LogP contribution in [0.15, 0.2) is 36.5 Å². The van der Waals surface area contributed by atoms with Gasteiger partial charge in [-0.3, -0.25) is 4.79 Å². The van der Waals surface area contributed by atoms with Crippen LogP contribution in [0.2, 0.25) is 0 Å². The van der Waals surface area contributed by atoms with E-state index >= 15 is 0 Å². The maximum absolute atomic E-state index is 14.1. The molecular formula is C33H37F7N6O3. The van der Waals surface area contributed by atoms with Crippen LogP contribution in [0.3, 0.4) is 0 Å². The summed E-state index contributed by atoms with van der Waals surface area (Å²) in [5.41, 5.74) is 1.46. The van der Waals surface area contributed by atoms with Crippen molar-refractivity contribution in [1.82, 2.24) is 30.2 Å². The highest BCUT2D eigenvalue weighted by Crippen LogP contribution is 2.43. The van der Waals surface area contributed by atoms with Crippen molar-refractivity contribution in [2.24, 2.45) is 17.8 Å². The van der Waals surface area contributed by atoms with E-state index in [-0.39, 0.29) is 74.4 Å². The van der Waals surface area contributed by atoms with Crippen molar-refractivity contribution in [2.45, 2.75) is 101 Å². The van der Waals surface area contributed by atoms with Crippen LogP contribution in [-0.2, 0) is 22.6 Å². The van der Waals surface area contributed by atoms with Crippen LogP contribution in [0, 0.1) is 17.8 Å². The predicted molar refractivity (Wildman–Crippen MR) is 161 cm³/mol. The molecule has 0 unspecified atom stereocenters. The first-order valence-corrected chi connectivity index (χ1v) is 16.5. The monoisotopic (exact) mass is 698 g/mol. The van der Waals surface area contributed by atoms with Crippen LogP contribution in [-0.4, -0.2) is 56.1 Å². The van der Waals surface area contributed by atoms with Crippen LogP contribution in [0.25, 0.3) is 5.78 Å². The SMILES string of the molecule is O=C(N[C@H](c1cn2nc(C[C@H]3C[C@@H](C(F)(F)F)CNC3=O)c(C3CCC(F)(F)CC3)nc2n1)C1CCC(F)(F)CC1)OCc1ccccc1.